The number of halogens is 1. The molecule has 0 aliphatic rings. The molecular formula is C20H16FN3O2S. The highest BCUT2D eigenvalue weighted by Gasteiger charge is 2.15. The number of methoxy groups -OCH3 is 1. The number of nitrogens with one attached hydrogen (secondary N) is 1. The van der Waals surface area contributed by atoms with Gasteiger partial charge in [-0.25, -0.2) is 9.37 Å². The van der Waals surface area contributed by atoms with Crippen LogP contribution in [-0.4, -0.2) is 22.4 Å². The standard InChI is InChI=1S/C20H16FN3O2S/c1-26-16-8-2-13(3-9-16)10-22-19(25)18-12-27-20-23-17(11-24(18)20)14-4-6-15(21)7-5-14/h2-9,11-12H,10H2,1H3,(H,22,25). The molecule has 0 bridgehead atoms. The van der Waals surface area contributed by atoms with E-state index < -0.39 is 0 Å². The van der Waals surface area contributed by atoms with Crippen LogP contribution in [0.1, 0.15) is 16.1 Å². The monoisotopic (exact) mass is 381 g/mol. The van der Waals surface area contributed by atoms with Gasteiger partial charge in [0, 0.05) is 23.7 Å². The van der Waals surface area contributed by atoms with Crippen LogP contribution in [0.25, 0.3) is 16.2 Å². The Labute approximate surface area is 159 Å². The first-order valence-corrected chi connectivity index (χ1v) is 9.15. The Hall–Kier alpha value is -3.19. The zero-order chi connectivity index (χ0) is 18.8. The summed E-state index contributed by atoms with van der Waals surface area (Å²) in [6, 6.07) is 13.7. The van der Waals surface area contributed by atoms with E-state index in [1.807, 2.05) is 24.3 Å². The molecule has 4 rings (SSSR count). The molecule has 0 saturated heterocycles. The Balaban J connectivity index is 1.52. The lowest BCUT2D eigenvalue weighted by molar-refractivity contribution is 0.0945. The highest BCUT2D eigenvalue weighted by Crippen LogP contribution is 2.24. The van der Waals surface area contributed by atoms with Crippen molar-refractivity contribution >= 4 is 22.2 Å². The summed E-state index contributed by atoms with van der Waals surface area (Å²) in [6.07, 6.45) is 1.79. The number of thiazole rings is 1. The molecule has 0 fully saturated rings. The van der Waals surface area contributed by atoms with Crippen molar-refractivity contribution in [2.24, 2.45) is 0 Å². The van der Waals surface area contributed by atoms with Crippen molar-refractivity contribution in [2.45, 2.75) is 6.54 Å². The first-order valence-electron chi connectivity index (χ1n) is 8.28. The van der Waals surface area contributed by atoms with Gasteiger partial charge in [-0.1, -0.05) is 12.1 Å². The summed E-state index contributed by atoms with van der Waals surface area (Å²) in [5.74, 6) is 0.301. The van der Waals surface area contributed by atoms with Gasteiger partial charge in [0.25, 0.3) is 5.91 Å². The van der Waals surface area contributed by atoms with Crippen LogP contribution in [0.4, 0.5) is 4.39 Å². The highest BCUT2D eigenvalue weighted by atomic mass is 32.1. The molecule has 1 N–H and O–H groups in total. The fraction of sp³-hybridized carbons (Fsp3) is 0.100. The lowest BCUT2D eigenvalue weighted by atomic mass is 10.2. The van der Waals surface area contributed by atoms with E-state index in [-0.39, 0.29) is 11.7 Å². The van der Waals surface area contributed by atoms with Gasteiger partial charge in [0.2, 0.25) is 0 Å². The summed E-state index contributed by atoms with van der Waals surface area (Å²) >= 11 is 1.39. The molecule has 2 aromatic heterocycles. The number of imidazole rings is 1. The quantitative estimate of drug-likeness (QED) is 0.565. The number of hydrogen-bond donors (Lipinski definition) is 1. The second-order valence-corrected chi connectivity index (χ2v) is 6.77. The van der Waals surface area contributed by atoms with E-state index in [2.05, 4.69) is 10.3 Å². The number of carbonyl (C=O) groups excluding carboxylic acids is 1. The van der Waals surface area contributed by atoms with Crippen LogP contribution >= 0.6 is 11.3 Å². The summed E-state index contributed by atoms with van der Waals surface area (Å²) in [4.78, 5) is 17.8. The van der Waals surface area contributed by atoms with Gasteiger partial charge in [0.05, 0.1) is 12.8 Å². The maximum absolute atomic E-state index is 13.1. The van der Waals surface area contributed by atoms with Crippen LogP contribution in [0, 0.1) is 5.82 Å². The molecular weight excluding hydrogens is 365 g/mol. The van der Waals surface area contributed by atoms with Crippen LogP contribution in [-0.2, 0) is 6.54 Å². The Bertz CT molecular complexity index is 1080. The second kappa shape index (κ2) is 7.20. The molecule has 0 unspecified atom stereocenters. The third kappa shape index (κ3) is 3.54. The number of ether oxygens (including phenoxy) is 1. The van der Waals surface area contributed by atoms with Crippen LogP contribution < -0.4 is 10.1 Å². The van der Waals surface area contributed by atoms with Crippen LogP contribution in [0.15, 0.2) is 60.1 Å². The number of aromatic nitrogens is 2. The van der Waals surface area contributed by atoms with Gasteiger partial charge in [-0.3, -0.25) is 9.20 Å². The Morgan fingerprint density at radius 1 is 1.19 bits per heavy atom. The average Bonchev–Trinajstić information content (AvgIpc) is 3.28. The van der Waals surface area contributed by atoms with Crippen molar-refractivity contribution < 1.29 is 13.9 Å². The highest BCUT2D eigenvalue weighted by molar-refractivity contribution is 7.15. The normalized spacial score (nSPS) is 10.9. The summed E-state index contributed by atoms with van der Waals surface area (Å²) in [7, 11) is 1.61. The minimum absolute atomic E-state index is 0.180. The van der Waals surface area contributed by atoms with Crippen molar-refractivity contribution in [1.29, 1.82) is 0 Å². The summed E-state index contributed by atoms with van der Waals surface area (Å²) in [5, 5.41) is 4.69. The largest absolute Gasteiger partial charge is 0.497 e. The van der Waals surface area contributed by atoms with E-state index in [0.29, 0.717) is 22.9 Å². The van der Waals surface area contributed by atoms with Gasteiger partial charge in [0.1, 0.15) is 17.3 Å². The van der Waals surface area contributed by atoms with Crippen molar-refractivity contribution in [3.8, 4) is 17.0 Å². The predicted molar refractivity (Wildman–Crippen MR) is 103 cm³/mol. The number of amides is 1. The maximum atomic E-state index is 13.1. The van der Waals surface area contributed by atoms with Gasteiger partial charge < -0.3 is 10.1 Å². The van der Waals surface area contributed by atoms with Crippen LogP contribution in [0.5, 0.6) is 5.75 Å². The summed E-state index contributed by atoms with van der Waals surface area (Å²) in [5.41, 5.74) is 3.00. The first-order chi connectivity index (χ1) is 13.1. The first kappa shape index (κ1) is 17.2. The van der Waals surface area contributed by atoms with Crippen LogP contribution in [0.3, 0.4) is 0 Å². The molecule has 1 amide bonds. The Kier molecular flexibility index (Phi) is 4.60. The van der Waals surface area contributed by atoms with Crippen molar-refractivity contribution in [3.05, 3.63) is 77.2 Å². The number of carbonyl (C=O) groups is 1. The molecule has 2 aromatic carbocycles. The van der Waals surface area contributed by atoms with Gasteiger partial charge in [-0.2, -0.15) is 0 Å². The number of rotatable bonds is 5. The number of hydrogen-bond acceptors (Lipinski definition) is 4. The number of benzene rings is 2. The smallest absolute Gasteiger partial charge is 0.269 e. The minimum atomic E-state index is -0.293. The van der Waals surface area contributed by atoms with E-state index in [1.54, 1.807) is 35.2 Å². The van der Waals surface area contributed by atoms with E-state index in [4.69, 9.17) is 4.74 Å². The third-order valence-electron chi connectivity index (χ3n) is 4.19. The molecule has 0 saturated carbocycles. The Morgan fingerprint density at radius 2 is 1.93 bits per heavy atom. The van der Waals surface area contributed by atoms with Gasteiger partial charge in [-0.15, -0.1) is 11.3 Å². The molecule has 4 aromatic rings. The molecule has 0 radical (unpaired) electrons. The fourth-order valence-corrected chi connectivity index (χ4v) is 3.58. The third-order valence-corrected chi connectivity index (χ3v) is 5.03. The number of nitrogens with zero attached hydrogens (tertiary/aromatic N) is 2. The molecule has 136 valence electrons. The van der Waals surface area contributed by atoms with Crippen LogP contribution in [0.2, 0.25) is 0 Å². The number of fused-ring (bicyclic) bond motifs is 1. The summed E-state index contributed by atoms with van der Waals surface area (Å²) in [6.45, 7) is 0.416. The molecule has 5 nitrogen and oxygen atoms in total. The van der Waals surface area contributed by atoms with Gasteiger partial charge >= 0.3 is 0 Å². The van der Waals surface area contributed by atoms with Crippen molar-refractivity contribution in [1.82, 2.24) is 14.7 Å². The molecule has 0 aliphatic carbocycles. The average molecular weight is 381 g/mol. The lowest BCUT2D eigenvalue weighted by Gasteiger charge is -2.06. The zero-order valence-corrected chi connectivity index (χ0v) is 15.3. The SMILES string of the molecule is COc1ccc(CNC(=O)c2csc3nc(-c4ccc(F)cc4)cn23)cc1. The second-order valence-electron chi connectivity index (χ2n) is 5.94. The van der Waals surface area contributed by atoms with Gasteiger partial charge in [0.15, 0.2) is 4.96 Å². The fourth-order valence-electron chi connectivity index (χ4n) is 2.72. The minimum Gasteiger partial charge on any atom is -0.497 e. The van der Waals surface area contributed by atoms with E-state index in [0.717, 1.165) is 16.9 Å². The molecule has 0 spiro atoms. The Morgan fingerprint density at radius 3 is 2.63 bits per heavy atom. The summed E-state index contributed by atoms with van der Waals surface area (Å²) < 4.78 is 20.0. The molecule has 0 aliphatic heterocycles. The topological polar surface area (TPSA) is 55.6 Å². The molecule has 7 heteroatoms. The predicted octanol–water partition coefficient (Wildman–Crippen LogP) is 4.14. The zero-order valence-electron chi connectivity index (χ0n) is 14.5. The van der Waals surface area contributed by atoms with E-state index >= 15 is 0 Å². The maximum Gasteiger partial charge on any atom is 0.269 e. The molecule has 2 heterocycles. The van der Waals surface area contributed by atoms with E-state index in [9.17, 15) is 9.18 Å². The molecule has 27 heavy (non-hydrogen) atoms. The molecule has 0 atom stereocenters. The van der Waals surface area contributed by atoms with Crippen molar-refractivity contribution in [2.75, 3.05) is 7.11 Å². The van der Waals surface area contributed by atoms with E-state index in [1.165, 1.54) is 23.5 Å². The van der Waals surface area contributed by atoms with Gasteiger partial charge in [-0.05, 0) is 42.0 Å². The lowest BCUT2D eigenvalue weighted by Crippen LogP contribution is -2.23. The van der Waals surface area contributed by atoms with Crippen molar-refractivity contribution in [3.63, 3.8) is 0 Å².